The minimum atomic E-state index is -0.972. The van der Waals surface area contributed by atoms with E-state index in [1.807, 2.05) is 0 Å². The molecule has 24 heavy (non-hydrogen) atoms. The molecular formula is C16H19BrN2O5. The number of amides is 2. The fourth-order valence-electron chi connectivity index (χ4n) is 2.68. The van der Waals surface area contributed by atoms with Gasteiger partial charge in [0, 0.05) is 4.47 Å². The molecule has 0 bridgehead atoms. The molecule has 8 heteroatoms. The molecule has 1 aromatic rings. The lowest BCUT2D eigenvalue weighted by molar-refractivity contribution is -0.149. The summed E-state index contributed by atoms with van der Waals surface area (Å²) in [6, 6.07) is 6.97. The highest BCUT2D eigenvalue weighted by Crippen LogP contribution is 2.30. The van der Waals surface area contributed by atoms with Crippen LogP contribution in [0.15, 0.2) is 28.7 Å². The summed E-state index contributed by atoms with van der Waals surface area (Å²) in [5.41, 5.74) is 4.55. The van der Waals surface area contributed by atoms with Gasteiger partial charge in [0.2, 0.25) is 5.91 Å². The Kier molecular flexibility index (Phi) is 6.60. The van der Waals surface area contributed by atoms with Crippen LogP contribution < -0.4 is 15.6 Å². The molecule has 7 nitrogen and oxygen atoms in total. The molecule has 0 aromatic heterocycles. The maximum Gasteiger partial charge on any atom is 0.307 e. The minimum absolute atomic E-state index is 0.255. The maximum absolute atomic E-state index is 12.1. The topological polar surface area (TPSA) is 105 Å². The van der Waals surface area contributed by atoms with Crippen molar-refractivity contribution in [1.82, 2.24) is 10.9 Å². The Labute approximate surface area is 147 Å². The Bertz CT molecular complexity index is 605. The van der Waals surface area contributed by atoms with Crippen LogP contribution >= 0.6 is 15.9 Å². The number of rotatable bonds is 5. The second-order valence-electron chi connectivity index (χ2n) is 5.62. The predicted octanol–water partition coefficient (Wildman–Crippen LogP) is 1.87. The summed E-state index contributed by atoms with van der Waals surface area (Å²) < 4.78 is 6.18. The fourth-order valence-corrected chi connectivity index (χ4v) is 2.94. The van der Waals surface area contributed by atoms with E-state index in [1.165, 1.54) is 0 Å². The normalized spacial score (nSPS) is 20.0. The first-order valence-corrected chi connectivity index (χ1v) is 8.46. The molecule has 1 aromatic carbocycles. The first-order valence-electron chi connectivity index (χ1n) is 7.67. The van der Waals surface area contributed by atoms with E-state index in [2.05, 4.69) is 26.8 Å². The predicted molar refractivity (Wildman–Crippen MR) is 89.0 cm³/mol. The van der Waals surface area contributed by atoms with Crippen LogP contribution in [0.1, 0.15) is 25.7 Å². The van der Waals surface area contributed by atoms with Crippen molar-refractivity contribution in [3.8, 4) is 5.75 Å². The lowest BCUT2D eigenvalue weighted by Crippen LogP contribution is -2.49. The number of carbonyl (C=O) groups is 3. The maximum atomic E-state index is 12.1. The summed E-state index contributed by atoms with van der Waals surface area (Å²) in [6.45, 7) is -0.255. The lowest BCUT2D eigenvalue weighted by atomic mass is 9.79. The van der Waals surface area contributed by atoms with Gasteiger partial charge in [-0.2, -0.15) is 0 Å². The van der Waals surface area contributed by atoms with Crippen LogP contribution in [-0.2, 0) is 14.4 Å². The molecule has 0 unspecified atom stereocenters. The van der Waals surface area contributed by atoms with E-state index in [4.69, 9.17) is 4.74 Å². The highest BCUT2D eigenvalue weighted by Gasteiger charge is 2.35. The van der Waals surface area contributed by atoms with E-state index in [0.717, 1.165) is 17.3 Å². The average molecular weight is 399 g/mol. The van der Waals surface area contributed by atoms with Crippen molar-refractivity contribution in [2.24, 2.45) is 11.8 Å². The molecule has 2 amide bonds. The van der Waals surface area contributed by atoms with Gasteiger partial charge in [0.15, 0.2) is 6.61 Å². The van der Waals surface area contributed by atoms with Crippen molar-refractivity contribution < 1.29 is 24.2 Å². The average Bonchev–Trinajstić information content (AvgIpc) is 2.59. The highest BCUT2D eigenvalue weighted by atomic mass is 79.9. The molecule has 2 rings (SSSR count). The third-order valence-corrected chi connectivity index (χ3v) is 4.46. The van der Waals surface area contributed by atoms with Gasteiger partial charge in [-0.05, 0) is 37.1 Å². The number of hydrazine groups is 1. The molecule has 1 aliphatic rings. The summed E-state index contributed by atoms with van der Waals surface area (Å²) in [6.07, 6.45) is 2.60. The van der Waals surface area contributed by atoms with E-state index in [-0.39, 0.29) is 6.61 Å². The molecule has 130 valence electrons. The third kappa shape index (κ3) is 5.23. The summed E-state index contributed by atoms with van der Waals surface area (Å²) in [4.78, 5) is 35.0. The van der Waals surface area contributed by atoms with E-state index in [1.54, 1.807) is 24.3 Å². The summed E-state index contributed by atoms with van der Waals surface area (Å²) in [5, 5.41) is 9.17. The Balaban J connectivity index is 1.77. The van der Waals surface area contributed by atoms with Crippen molar-refractivity contribution in [3.05, 3.63) is 28.7 Å². The number of hydrogen-bond acceptors (Lipinski definition) is 4. The van der Waals surface area contributed by atoms with Crippen molar-refractivity contribution in [2.75, 3.05) is 6.61 Å². The molecule has 1 fully saturated rings. The molecule has 1 aliphatic carbocycles. The second-order valence-corrected chi connectivity index (χ2v) is 6.53. The van der Waals surface area contributed by atoms with E-state index >= 15 is 0 Å². The number of nitrogens with one attached hydrogen (secondary N) is 2. The van der Waals surface area contributed by atoms with Gasteiger partial charge in [0.05, 0.1) is 11.8 Å². The molecule has 3 N–H and O–H groups in total. The van der Waals surface area contributed by atoms with Crippen LogP contribution in [-0.4, -0.2) is 29.5 Å². The third-order valence-electron chi connectivity index (χ3n) is 3.93. The van der Waals surface area contributed by atoms with Crippen LogP contribution in [0.25, 0.3) is 0 Å². The van der Waals surface area contributed by atoms with Crippen molar-refractivity contribution >= 4 is 33.7 Å². The van der Waals surface area contributed by atoms with Crippen LogP contribution in [0.2, 0.25) is 0 Å². The monoisotopic (exact) mass is 398 g/mol. The first kappa shape index (κ1) is 18.3. The minimum Gasteiger partial charge on any atom is -0.484 e. The van der Waals surface area contributed by atoms with Gasteiger partial charge in [-0.15, -0.1) is 0 Å². The highest BCUT2D eigenvalue weighted by molar-refractivity contribution is 9.10. The Morgan fingerprint density at radius 1 is 1.08 bits per heavy atom. The van der Waals surface area contributed by atoms with Gasteiger partial charge in [-0.25, -0.2) is 0 Å². The van der Waals surface area contributed by atoms with Gasteiger partial charge in [0.25, 0.3) is 5.91 Å². The van der Waals surface area contributed by atoms with Crippen LogP contribution in [0.5, 0.6) is 5.75 Å². The molecular weight excluding hydrogens is 380 g/mol. The summed E-state index contributed by atoms with van der Waals surface area (Å²) in [5.74, 6) is -2.76. The molecule has 0 radical (unpaired) electrons. The van der Waals surface area contributed by atoms with Gasteiger partial charge >= 0.3 is 5.97 Å². The number of halogens is 1. The molecule has 0 heterocycles. The molecule has 0 aliphatic heterocycles. The molecule has 0 saturated heterocycles. The smallest absolute Gasteiger partial charge is 0.307 e. The van der Waals surface area contributed by atoms with E-state index < -0.39 is 29.6 Å². The Morgan fingerprint density at radius 3 is 2.33 bits per heavy atom. The van der Waals surface area contributed by atoms with E-state index in [0.29, 0.717) is 18.6 Å². The van der Waals surface area contributed by atoms with Crippen LogP contribution in [0, 0.1) is 11.8 Å². The van der Waals surface area contributed by atoms with Crippen LogP contribution in [0.4, 0.5) is 0 Å². The van der Waals surface area contributed by atoms with Gasteiger partial charge in [-0.3, -0.25) is 25.2 Å². The standard InChI is InChI=1S/C16H19BrN2O5/c17-10-5-7-11(8-6-10)24-9-14(20)18-19-15(21)12-3-1-2-4-13(12)16(22)23/h5-8,12-13H,1-4,9H2,(H,18,20)(H,19,21)(H,22,23)/t12-,13+/m0/s1. The number of carboxylic acid groups (broad SMARTS) is 1. The van der Waals surface area contributed by atoms with Gasteiger partial charge in [-0.1, -0.05) is 28.8 Å². The van der Waals surface area contributed by atoms with Crippen molar-refractivity contribution in [1.29, 1.82) is 0 Å². The van der Waals surface area contributed by atoms with Gasteiger partial charge < -0.3 is 9.84 Å². The lowest BCUT2D eigenvalue weighted by Gasteiger charge is -2.27. The Morgan fingerprint density at radius 2 is 1.71 bits per heavy atom. The SMILES string of the molecule is O=C(COc1ccc(Br)cc1)NNC(=O)[C@H]1CCCC[C@H]1C(=O)O. The summed E-state index contributed by atoms with van der Waals surface area (Å²) >= 11 is 3.29. The number of ether oxygens (including phenoxy) is 1. The van der Waals surface area contributed by atoms with Gasteiger partial charge in [0.1, 0.15) is 5.75 Å². The molecule has 1 saturated carbocycles. The van der Waals surface area contributed by atoms with Crippen molar-refractivity contribution in [2.45, 2.75) is 25.7 Å². The number of hydrogen-bond donors (Lipinski definition) is 3. The summed E-state index contributed by atoms with van der Waals surface area (Å²) in [7, 11) is 0. The zero-order chi connectivity index (χ0) is 17.5. The number of carboxylic acids is 1. The number of benzene rings is 1. The Hall–Kier alpha value is -2.09. The second kappa shape index (κ2) is 8.68. The zero-order valence-corrected chi connectivity index (χ0v) is 14.5. The number of carbonyl (C=O) groups excluding carboxylic acids is 2. The largest absolute Gasteiger partial charge is 0.484 e. The van der Waals surface area contributed by atoms with E-state index in [9.17, 15) is 19.5 Å². The van der Waals surface area contributed by atoms with Crippen LogP contribution in [0.3, 0.4) is 0 Å². The quantitative estimate of drug-likeness (QED) is 0.656. The first-order chi connectivity index (χ1) is 11.5. The fraction of sp³-hybridized carbons (Fsp3) is 0.438. The number of aliphatic carboxylic acids is 1. The molecule has 0 spiro atoms. The molecule has 2 atom stereocenters. The van der Waals surface area contributed by atoms with Crippen molar-refractivity contribution in [3.63, 3.8) is 0 Å². The zero-order valence-electron chi connectivity index (χ0n) is 13.0.